The summed E-state index contributed by atoms with van der Waals surface area (Å²) in [5, 5.41) is -0.134. The van der Waals surface area contributed by atoms with Gasteiger partial charge in [-0.1, -0.05) is 20.3 Å². The Balaban J connectivity index is 3.50. The van der Waals surface area contributed by atoms with E-state index < -0.39 is 6.17 Å². The Hall–Kier alpha value is -0.250. The molecule has 0 aromatic carbocycles. The van der Waals surface area contributed by atoms with Crippen molar-refractivity contribution < 1.29 is 13.9 Å². The van der Waals surface area contributed by atoms with Crippen LogP contribution in [0.15, 0.2) is 0 Å². The first-order valence-electron chi connectivity index (χ1n) is 6.54. The molecule has 2 atom stereocenters. The predicted molar refractivity (Wildman–Crippen MR) is 72.2 cm³/mol. The highest BCUT2D eigenvalue weighted by molar-refractivity contribution is 8.00. The number of alkyl halides is 1. The summed E-state index contributed by atoms with van der Waals surface area (Å²) < 4.78 is 18.2. The lowest BCUT2D eigenvalue weighted by atomic mass is 10.1. The van der Waals surface area contributed by atoms with E-state index in [4.69, 9.17) is 4.74 Å². The number of halogens is 1. The topological polar surface area (TPSA) is 26.3 Å². The van der Waals surface area contributed by atoms with Gasteiger partial charge in [-0.15, -0.1) is 11.8 Å². The maximum atomic E-state index is 13.2. The van der Waals surface area contributed by atoms with Crippen LogP contribution in [0.3, 0.4) is 0 Å². The second-order valence-corrected chi connectivity index (χ2v) is 5.66. The predicted octanol–water partition coefficient (Wildman–Crippen LogP) is 3.98. The Morgan fingerprint density at radius 1 is 1.29 bits per heavy atom. The average molecular weight is 264 g/mol. The van der Waals surface area contributed by atoms with Crippen LogP contribution in [0.4, 0.5) is 4.39 Å². The molecule has 17 heavy (non-hydrogen) atoms. The summed E-state index contributed by atoms with van der Waals surface area (Å²) >= 11 is 1.55. The maximum absolute atomic E-state index is 13.2. The first-order valence-corrected chi connectivity index (χ1v) is 7.59. The quantitative estimate of drug-likeness (QED) is 0.441. The largest absolute Gasteiger partial charge is 0.465 e. The highest BCUT2D eigenvalue weighted by atomic mass is 32.2. The summed E-state index contributed by atoms with van der Waals surface area (Å²) in [6, 6.07) is 0. The molecule has 2 unspecified atom stereocenters. The lowest BCUT2D eigenvalue weighted by molar-refractivity contribution is -0.142. The first kappa shape index (κ1) is 16.8. The van der Waals surface area contributed by atoms with Gasteiger partial charge < -0.3 is 4.74 Å². The molecule has 0 bridgehead atoms. The lowest BCUT2D eigenvalue weighted by Gasteiger charge is -2.11. The third-order valence-corrected chi connectivity index (χ3v) is 3.63. The summed E-state index contributed by atoms with van der Waals surface area (Å²) in [7, 11) is 0. The average Bonchev–Trinajstić information content (AvgIpc) is 2.31. The zero-order chi connectivity index (χ0) is 13.1. The molecule has 0 aliphatic carbocycles. The lowest BCUT2D eigenvalue weighted by Crippen LogP contribution is -2.18. The summed E-state index contributed by atoms with van der Waals surface area (Å²) in [5.41, 5.74) is 0. The Morgan fingerprint density at radius 3 is 2.59 bits per heavy atom. The molecule has 0 amide bonds. The molecule has 2 nitrogen and oxygen atoms in total. The monoisotopic (exact) mass is 264 g/mol. The van der Waals surface area contributed by atoms with E-state index in [1.54, 1.807) is 11.8 Å². The fourth-order valence-corrected chi connectivity index (χ4v) is 2.30. The number of esters is 1. The molecule has 0 saturated heterocycles. The van der Waals surface area contributed by atoms with Crippen LogP contribution in [-0.2, 0) is 9.53 Å². The normalized spacial score (nSPS) is 14.4. The summed E-state index contributed by atoms with van der Waals surface area (Å²) in [6.07, 6.45) is 3.16. The van der Waals surface area contributed by atoms with Gasteiger partial charge in [0.15, 0.2) is 0 Å². The first-order chi connectivity index (χ1) is 8.11. The van der Waals surface area contributed by atoms with Crippen LogP contribution >= 0.6 is 11.8 Å². The SMILES string of the molecule is CCCOC(=O)C(C)SCCCC(F)CCC. The van der Waals surface area contributed by atoms with Crippen LogP contribution in [-0.4, -0.2) is 29.8 Å². The molecule has 0 fully saturated rings. The van der Waals surface area contributed by atoms with Crippen LogP contribution in [0.25, 0.3) is 0 Å². The van der Waals surface area contributed by atoms with Crippen LogP contribution in [0, 0.1) is 0 Å². The molecule has 0 aliphatic rings. The van der Waals surface area contributed by atoms with Gasteiger partial charge in [0.05, 0.1) is 11.9 Å². The van der Waals surface area contributed by atoms with E-state index >= 15 is 0 Å². The van der Waals surface area contributed by atoms with E-state index in [9.17, 15) is 9.18 Å². The number of thioether (sulfide) groups is 1. The Labute approximate surface area is 109 Å². The fraction of sp³-hybridized carbons (Fsp3) is 0.923. The van der Waals surface area contributed by atoms with Crippen LogP contribution in [0.5, 0.6) is 0 Å². The van der Waals surface area contributed by atoms with Crippen molar-refractivity contribution in [2.24, 2.45) is 0 Å². The van der Waals surface area contributed by atoms with Crippen molar-refractivity contribution in [2.45, 2.75) is 64.3 Å². The molecule has 0 N–H and O–H groups in total. The highest BCUT2D eigenvalue weighted by Gasteiger charge is 2.14. The van der Waals surface area contributed by atoms with Gasteiger partial charge in [-0.3, -0.25) is 4.79 Å². The van der Waals surface area contributed by atoms with E-state index in [1.165, 1.54) is 0 Å². The zero-order valence-electron chi connectivity index (χ0n) is 11.2. The Kier molecular flexibility index (Phi) is 10.7. The van der Waals surface area contributed by atoms with Gasteiger partial charge in [0.1, 0.15) is 6.17 Å². The van der Waals surface area contributed by atoms with Gasteiger partial charge >= 0.3 is 5.97 Å². The van der Waals surface area contributed by atoms with Crippen molar-refractivity contribution in [1.82, 2.24) is 0 Å². The molecule has 0 heterocycles. The molecular weight excluding hydrogens is 239 g/mol. The number of carbonyl (C=O) groups is 1. The van der Waals surface area contributed by atoms with Crippen molar-refractivity contribution >= 4 is 17.7 Å². The van der Waals surface area contributed by atoms with Crippen molar-refractivity contribution in [1.29, 1.82) is 0 Å². The molecule has 0 saturated carbocycles. The second-order valence-electron chi connectivity index (χ2n) is 4.21. The molecule has 0 aliphatic heterocycles. The summed E-state index contributed by atoms with van der Waals surface area (Å²) in [4.78, 5) is 11.4. The molecule has 0 spiro atoms. The van der Waals surface area contributed by atoms with E-state index in [0.717, 1.165) is 25.0 Å². The Morgan fingerprint density at radius 2 is 2.00 bits per heavy atom. The minimum atomic E-state index is -0.678. The maximum Gasteiger partial charge on any atom is 0.318 e. The number of hydrogen-bond acceptors (Lipinski definition) is 3. The van der Waals surface area contributed by atoms with E-state index in [-0.39, 0.29) is 11.2 Å². The fourth-order valence-electron chi connectivity index (χ4n) is 1.41. The van der Waals surface area contributed by atoms with Crippen molar-refractivity contribution in [3.8, 4) is 0 Å². The molecule has 0 radical (unpaired) electrons. The van der Waals surface area contributed by atoms with Gasteiger partial charge in [-0.25, -0.2) is 4.39 Å². The Bertz CT molecular complexity index is 200. The van der Waals surface area contributed by atoms with Crippen LogP contribution in [0.1, 0.15) is 52.9 Å². The molecule has 4 heteroatoms. The number of ether oxygens (including phenoxy) is 1. The molecule has 0 aromatic heterocycles. The van der Waals surface area contributed by atoms with Gasteiger partial charge in [0, 0.05) is 0 Å². The van der Waals surface area contributed by atoms with Crippen LogP contribution < -0.4 is 0 Å². The van der Waals surface area contributed by atoms with Crippen molar-refractivity contribution in [2.75, 3.05) is 12.4 Å². The van der Waals surface area contributed by atoms with Crippen LogP contribution in [0.2, 0.25) is 0 Å². The number of rotatable bonds is 10. The summed E-state index contributed by atoms with van der Waals surface area (Å²) in [5.74, 6) is 0.675. The molecular formula is C13H25FO2S. The van der Waals surface area contributed by atoms with Crippen molar-refractivity contribution in [3.05, 3.63) is 0 Å². The zero-order valence-corrected chi connectivity index (χ0v) is 12.0. The molecule has 0 aromatic rings. The highest BCUT2D eigenvalue weighted by Crippen LogP contribution is 2.17. The smallest absolute Gasteiger partial charge is 0.318 e. The van der Waals surface area contributed by atoms with Gasteiger partial charge in [-0.05, 0) is 38.4 Å². The number of hydrogen-bond donors (Lipinski definition) is 0. The van der Waals surface area contributed by atoms with E-state index in [0.29, 0.717) is 19.4 Å². The molecule has 102 valence electrons. The van der Waals surface area contributed by atoms with Gasteiger partial charge in [0.2, 0.25) is 0 Å². The minimum absolute atomic E-state index is 0.134. The van der Waals surface area contributed by atoms with E-state index in [2.05, 4.69) is 0 Å². The second kappa shape index (κ2) is 10.9. The summed E-state index contributed by atoms with van der Waals surface area (Å²) in [6.45, 7) is 6.31. The van der Waals surface area contributed by atoms with Crippen molar-refractivity contribution in [3.63, 3.8) is 0 Å². The third-order valence-electron chi connectivity index (χ3n) is 2.41. The van der Waals surface area contributed by atoms with Gasteiger partial charge in [-0.2, -0.15) is 0 Å². The number of carbonyl (C=O) groups excluding carboxylic acids is 1. The van der Waals surface area contributed by atoms with Gasteiger partial charge in [0.25, 0.3) is 0 Å². The van der Waals surface area contributed by atoms with E-state index in [1.807, 2.05) is 20.8 Å². The molecule has 0 rings (SSSR count). The standard InChI is InChI=1S/C13H25FO2S/c1-4-7-12(14)8-6-10-17-11(3)13(15)16-9-5-2/h11-12H,4-10H2,1-3H3. The third kappa shape index (κ3) is 9.45. The minimum Gasteiger partial charge on any atom is -0.465 e.